The highest BCUT2D eigenvalue weighted by Crippen LogP contribution is 2.48. The van der Waals surface area contributed by atoms with Gasteiger partial charge in [-0.05, 0) is 29.8 Å². The molecule has 166 valence electrons. The Morgan fingerprint density at radius 2 is 1.68 bits per heavy atom. The van der Waals surface area contributed by atoms with Crippen LogP contribution >= 0.6 is 27.3 Å². The van der Waals surface area contributed by atoms with Gasteiger partial charge in [0.2, 0.25) is 0 Å². The van der Waals surface area contributed by atoms with Crippen LogP contribution in [-0.2, 0) is 0 Å². The third kappa shape index (κ3) is 3.45. The molecule has 0 amide bonds. The topological polar surface area (TPSA) is 78.4 Å². The van der Waals surface area contributed by atoms with Crippen LogP contribution < -0.4 is 16.1 Å². The molecule has 0 fully saturated rings. The molecule has 7 heteroatoms. The van der Waals surface area contributed by atoms with Crippen LogP contribution in [0.3, 0.4) is 0 Å². The zero-order valence-electron chi connectivity index (χ0n) is 17.7. The highest BCUT2D eigenvalue weighted by Gasteiger charge is 2.37. The molecule has 2 aromatic heterocycles. The smallest absolute Gasteiger partial charge is 0.344 e. The molecule has 0 radical (unpaired) electrons. The van der Waals surface area contributed by atoms with Crippen molar-refractivity contribution in [2.45, 2.75) is 5.92 Å². The third-order valence-corrected chi connectivity index (χ3v) is 7.27. The highest BCUT2D eigenvalue weighted by molar-refractivity contribution is 9.10. The standard InChI is InChI=1S/C27H17BrN2O3S/c28-17-12-10-16(11-13-17)21-22-24(18-8-4-5-9-20(18)32-27(22)31)33-25(29)23(21)26-30-19(14-34-26)15-6-2-1-3-7-15/h1-14,21H,29H2/t21-/m0/s1. The van der Waals surface area contributed by atoms with Crippen molar-refractivity contribution >= 4 is 43.8 Å². The molecule has 3 aromatic carbocycles. The quantitative estimate of drug-likeness (QED) is 0.269. The summed E-state index contributed by atoms with van der Waals surface area (Å²) in [4.78, 5) is 18.2. The van der Waals surface area contributed by atoms with E-state index in [0.29, 0.717) is 32.9 Å². The minimum atomic E-state index is -0.493. The lowest BCUT2D eigenvalue weighted by atomic mass is 9.83. The molecule has 5 nitrogen and oxygen atoms in total. The summed E-state index contributed by atoms with van der Waals surface area (Å²) >= 11 is 4.97. The van der Waals surface area contributed by atoms with Gasteiger partial charge in [0.15, 0.2) is 11.6 Å². The number of fused-ring (bicyclic) bond motifs is 3. The Labute approximate surface area is 207 Å². The number of halogens is 1. The number of hydrogen-bond acceptors (Lipinski definition) is 6. The van der Waals surface area contributed by atoms with E-state index in [9.17, 15) is 4.79 Å². The second-order valence-corrected chi connectivity index (χ2v) is 9.67. The molecule has 3 heterocycles. The van der Waals surface area contributed by atoms with Crippen LogP contribution in [0.1, 0.15) is 22.1 Å². The summed E-state index contributed by atoms with van der Waals surface area (Å²) in [6, 6.07) is 25.1. The summed E-state index contributed by atoms with van der Waals surface area (Å²) in [7, 11) is 0. The van der Waals surface area contributed by atoms with Crippen molar-refractivity contribution in [1.82, 2.24) is 4.98 Å². The first-order valence-corrected chi connectivity index (χ1v) is 12.3. The number of benzene rings is 3. The maximum Gasteiger partial charge on any atom is 0.344 e. The van der Waals surface area contributed by atoms with E-state index in [0.717, 1.165) is 21.3 Å². The predicted molar refractivity (Wildman–Crippen MR) is 138 cm³/mol. The van der Waals surface area contributed by atoms with Crippen LogP contribution in [0.25, 0.3) is 27.8 Å². The van der Waals surface area contributed by atoms with E-state index in [1.807, 2.05) is 78.2 Å². The number of para-hydroxylation sites is 1. The summed E-state index contributed by atoms with van der Waals surface area (Å²) in [5.74, 6) is 0.165. The summed E-state index contributed by atoms with van der Waals surface area (Å²) in [5.41, 5.74) is 10.4. The summed E-state index contributed by atoms with van der Waals surface area (Å²) in [6.07, 6.45) is 0. The SMILES string of the molecule is NC1=C(c2nc(-c3ccccc3)cs2)[C@@H](c2ccc(Br)cc2)c2c(c3ccccc3oc2=O)O1. The molecule has 5 aromatic rings. The lowest BCUT2D eigenvalue weighted by Gasteiger charge is -2.28. The van der Waals surface area contributed by atoms with E-state index >= 15 is 0 Å². The monoisotopic (exact) mass is 528 g/mol. The fourth-order valence-electron chi connectivity index (χ4n) is 4.30. The fourth-order valence-corrected chi connectivity index (χ4v) is 5.48. The summed E-state index contributed by atoms with van der Waals surface area (Å²) in [6.45, 7) is 0. The van der Waals surface area contributed by atoms with Crippen LogP contribution in [0.2, 0.25) is 0 Å². The molecular weight excluding hydrogens is 512 g/mol. The first-order valence-electron chi connectivity index (χ1n) is 10.6. The molecule has 0 bridgehead atoms. The van der Waals surface area contributed by atoms with Crippen molar-refractivity contribution in [3.63, 3.8) is 0 Å². The van der Waals surface area contributed by atoms with Crippen molar-refractivity contribution in [2.75, 3.05) is 0 Å². The molecule has 1 aliphatic heterocycles. The van der Waals surface area contributed by atoms with Crippen molar-refractivity contribution in [1.29, 1.82) is 0 Å². The fraction of sp³-hybridized carbons (Fsp3) is 0.0370. The molecule has 0 unspecified atom stereocenters. The first-order chi connectivity index (χ1) is 16.6. The molecule has 0 aliphatic carbocycles. The van der Waals surface area contributed by atoms with Gasteiger partial charge in [0.05, 0.1) is 28.1 Å². The molecule has 0 saturated heterocycles. The average molecular weight is 529 g/mol. The summed E-state index contributed by atoms with van der Waals surface area (Å²) < 4.78 is 12.8. The normalized spacial score (nSPS) is 15.3. The van der Waals surface area contributed by atoms with Gasteiger partial charge in [-0.25, -0.2) is 9.78 Å². The van der Waals surface area contributed by atoms with Gasteiger partial charge in [-0.2, -0.15) is 0 Å². The Morgan fingerprint density at radius 1 is 0.941 bits per heavy atom. The Bertz CT molecular complexity index is 1620. The second kappa shape index (κ2) is 8.27. The Kier molecular flexibility index (Phi) is 5.08. The highest BCUT2D eigenvalue weighted by atomic mass is 79.9. The van der Waals surface area contributed by atoms with Crippen LogP contribution in [0.5, 0.6) is 5.75 Å². The maximum atomic E-state index is 13.3. The van der Waals surface area contributed by atoms with Crippen molar-refractivity contribution in [2.24, 2.45) is 5.73 Å². The Hall–Kier alpha value is -3.68. The number of nitrogens with zero attached hydrogens (tertiary/aromatic N) is 1. The Balaban J connectivity index is 1.60. The predicted octanol–water partition coefficient (Wildman–Crippen LogP) is 6.53. The average Bonchev–Trinajstić information content (AvgIpc) is 3.34. The van der Waals surface area contributed by atoms with E-state index in [1.165, 1.54) is 11.3 Å². The minimum Gasteiger partial charge on any atom is -0.440 e. The lowest BCUT2D eigenvalue weighted by Crippen LogP contribution is -2.26. The minimum absolute atomic E-state index is 0.227. The molecule has 0 saturated carbocycles. The van der Waals surface area contributed by atoms with Gasteiger partial charge in [-0.15, -0.1) is 11.3 Å². The number of ether oxygens (including phenoxy) is 1. The zero-order valence-corrected chi connectivity index (χ0v) is 20.1. The van der Waals surface area contributed by atoms with E-state index in [2.05, 4.69) is 15.9 Å². The maximum absolute atomic E-state index is 13.3. The number of hydrogen-bond donors (Lipinski definition) is 1. The largest absolute Gasteiger partial charge is 0.440 e. The van der Waals surface area contributed by atoms with Gasteiger partial charge in [0.25, 0.3) is 0 Å². The van der Waals surface area contributed by atoms with Gasteiger partial charge >= 0.3 is 5.63 Å². The van der Waals surface area contributed by atoms with Gasteiger partial charge in [0.1, 0.15) is 10.6 Å². The second-order valence-electron chi connectivity index (χ2n) is 7.90. The lowest BCUT2D eigenvalue weighted by molar-refractivity contribution is 0.399. The van der Waals surface area contributed by atoms with E-state index < -0.39 is 11.5 Å². The van der Waals surface area contributed by atoms with Crippen molar-refractivity contribution in [3.8, 4) is 17.0 Å². The summed E-state index contributed by atoms with van der Waals surface area (Å²) in [5, 5.41) is 3.38. The van der Waals surface area contributed by atoms with Crippen LogP contribution in [-0.4, -0.2) is 4.98 Å². The Morgan fingerprint density at radius 3 is 2.47 bits per heavy atom. The van der Waals surface area contributed by atoms with E-state index in [-0.39, 0.29) is 5.88 Å². The number of thiazole rings is 1. The molecule has 0 spiro atoms. The van der Waals surface area contributed by atoms with Gasteiger partial charge in [-0.1, -0.05) is 70.5 Å². The molecule has 1 atom stereocenters. The first kappa shape index (κ1) is 20.9. The van der Waals surface area contributed by atoms with Gasteiger partial charge < -0.3 is 14.9 Å². The number of rotatable bonds is 3. The van der Waals surface area contributed by atoms with Crippen molar-refractivity contribution < 1.29 is 9.15 Å². The molecule has 6 rings (SSSR count). The molecule has 34 heavy (non-hydrogen) atoms. The molecule has 1 aliphatic rings. The number of allylic oxidation sites excluding steroid dienone is 1. The van der Waals surface area contributed by atoms with Crippen LogP contribution in [0, 0.1) is 0 Å². The van der Waals surface area contributed by atoms with Crippen LogP contribution in [0.15, 0.2) is 104 Å². The van der Waals surface area contributed by atoms with Crippen LogP contribution in [0.4, 0.5) is 0 Å². The van der Waals surface area contributed by atoms with Gasteiger partial charge in [0, 0.05) is 15.4 Å². The number of nitrogens with two attached hydrogens (primary N) is 1. The molecule has 2 N–H and O–H groups in total. The third-order valence-electron chi connectivity index (χ3n) is 5.86. The number of aromatic nitrogens is 1. The molecular formula is C27H17BrN2O3S. The zero-order chi connectivity index (χ0) is 23.2. The van der Waals surface area contributed by atoms with E-state index in [1.54, 1.807) is 6.07 Å². The van der Waals surface area contributed by atoms with Gasteiger partial charge in [-0.3, -0.25) is 0 Å². The van der Waals surface area contributed by atoms with Crippen molar-refractivity contribution in [3.05, 3.63) is 121 Å². The van der Waals surface area contributed by atoms with E-state index in [4.69, 9.17) is 19.9 Å².